The maximum absolute atomic E-state index is 9.19. The molecule has 0 radical (unpaired) electrons. The second kappa shape index (κ2) is 6.37. The Balaban J connectivity index is 0. The smallest absolute Gasteiger partial charge is 0.261 e. The van der Waals surface area contributed by atoms with Crippen LogP contribution < -0.4 is 0 Å². The van der Waals surface area contributed by atoms with E-state index in [1.54, 1.807) is 0 Å². The van der Waals surface area contributed by atoms with Crippen LogP contribution in [0.15, 0.2) is 12.7 Å². The number of hydrogen-bond donors (Lipinski definition) is 1. The molecule has 11 heavy (non-hydrogen) atoms. The summed E-state index contributed by atoms with van der Waals surface area (Å²) in [6, 6.07) is 0. The number of rotatable bonds is 2. The minimum Gasteiger partial charge on any atom is -0.286 e. The Morgan fingerprint density at radius 2 is 1.91 bits per heavy atom. The summed E-state index contributed by atoms with van der Waals surface area (Å²) in [5, 5.41) is 0. The van der Waals surface area contributed by atoms with Crippen LogP contribution in [0.4, 0.5) is 0 Å². The van der Waals surface area contributed by atoms with Crippen molar-refractivity contribution in [1.29, 1.82) is 0 Å². The fourth-order valence-electron chi connectivity index (χ4n) is 0.167. The van der Waals surface area contributed by atoms with Gasteiger partial charge in [-0.1, -0.05) is 26.3 Å². The zero-order valence-electron chi connectivity index (χ0n) is 7.24. The molecule has 0 aliphatic heterocycles. The maximum Gasteiger partial charge on any atom is 0.261 e. The van der Waals surface area contributed by atoms with Gasteiger partial charge in [0.25, 0.3) is 10.1 Å². The van der Waals surface area contributed by atoms with Gasteiger partial charge in [-0.3, -0.25) is 4.55 Å². The summed E-state index contributed by atoms with van der Waals surface area (Å²) in [4.78, 5) is 0. The third kappa shape index (κ3) is 42.4. The Kier molecular flexibility index (Phi) is 7.67. The fraction of sp³-hybridized carbons (Fsp3) is 0.714. The molecule has 0 spiro atoms. The summed E-state index contributed by atoms with van der Waals surface area (Å²) >= 11 is 0. The average Bonchev–Trinajstić information content (AvgIpc) is 1.83. The minimum absolute atomic E-state index is 0.699. The lowest BCUT2D eigenvalue weighted by molar-refractivity contribution is 0.490. The Bertz CT molecular complexity index is 174. The molecule has 1 unspecified atom stereocenters. The molecule has 1 atom stereocenters. The molecule has 0 aromatic heterocycles. The van der Waals surface area contributed by atoms with Crippen LogP contribution in [-0.2, 0) is 10.1 Å². The molecule has 1 N–H and O–H groups in total. The molecule has 0 saturated carbocycles. The molecule has 0 bridgehead atoms. The predicted molar refractivity (Wildman–Crippen MR) is 47.1 cm³/mol. The first kappa shape index (κ1) is 13.3. The molecule has 0 heterocycles. The van der Waals surface area contributed by atoms with Gasteiger partial charge in [0.05, 0.1) is 6.26 Å². The average molecular weight is 180 g/mol. The number of allylic oxidation sites excluding steroid dienone is 1. The molecule has 0 saturated heterocycles. The zero-order chi connectivity index (χ0) is 9.49. The third-order valence-corrected chi connectivity index (χ3v) is 1.05. The second-order valence-electron chi connectivity index (χ2n) is 2.35. The fourth-order valence-corrected chi connectivity index (χ4v) is 0.167. The Morgan fingerprint density at radius 3 is 1.91 bits per heavy atom. The van der Waals surface area contributed by atoms with Gasteiger partial charge in [0, 0.05) is 0 Å². The van der Waals surface area contributed by atoms with E-state index in [1.165, 1.54) is 6.42 Å². The van der Waals surface area contributed by atoms with E-state index >= 15 is 0 Å². The Morgan fingerprint density at radius 1 is 1.64 bits per heavy atom. The van der Waals surface area contributed by atoms with Crippen molar-refractivity contribution in [3.63, 3.8) is 0 Å². The van der Waals surface area contributed by atoms with Crippen LogP contribution in [0.5, 0.6) is 0 Å². The Labute approximate surface area is 68.9 Å². The second-order valence-corrected chi connectivity index (χ2v) is 3.82. The highest BCUT2D eigenvalue weighted by Gasteiger charge is 1.84. The summed E-state index contributed by atoms with van der Waals surface area (Å²) in [5.74, 6) is 0.699. The van der Waals surface area contributed by atoms with Crippen LogP contribution in [0.1, 0.15) is 20.3 Å². The van der Waals surface area contributed by atoms with Crippen LogP contribution in [0.2, 0.25) is 0 Å². The molecule has 0 amide bonds. The highest BCUT2D eigenvalue weighted by Crippen LogP contribution is 1.98. The van der Waals surface area contributed by atoms with Gasteiger partial charge >= 0.3 is 0 Å². The summed E-state index contributed by atoms with van der Waals surface area (Å²) in [6.45, 7) is 7.95. The van der Waals surface area contributed by atoms with Crippen molar-refractivity contribution in [2.75, 3.05) is 6.26 Å². The largest absolute Gasteiger partial charge is 0.286 e. The monoisotopic (exact) mass is 180 g/mol. The maximum atomic E-state index is 9.19. The van der Waals surface area contributed by atoms with E-state index in [0.717, 1.165) is 0 Å². The lowest BCUT2D eigenvalue weighted by Gasteiger charge is -1.93. The van der Waals surface area contributed by atoms with Crippen molar-refractivity contribution in [1.82, 2.24) is 0 Å². The van der Waals surface area contributed by atoms with Gasteiger partial charge in [-0.25, -0.2) is 0 Å². The van der Waals surface area contributed by atoms with Gasteiger partial charge in [0.15, 0.2) is 0 Å². The van der Waals surface area contributed by atoms with Gasteiger partial charge < -0.3 is 0 Å². The van der Waals surface area contributed by atoms with Crippen LogP contribution in [-0.4, -0.2) is 19.2 Å². The van der Waals surface area contributed by atoms with E-state index in [-0.39, 0.29) is 0 Å². The quantitative estimate of drug-likeness (QED) is 0.520. The zero-order valence-corrected chi connectivity index (χ0v) is 8.06. The SMILES string of the molecule is C=CC(C)CC.CS(=O)(=O)O. The van der Waals surface area contributed by atoms with Crippen LogP contribution in [0, 0.1) is 5.92 Å². The van der Waals surface area contributed by atoms with Crippen molar-refractivity contribution in [2.45, 2.75) is 20.3 Å². The molecule has 3 nitrogen and oxygen atoms in total. The molecule has 68 valence electrons. The first-order valence-corrected chi connectivity index (χ1v) is 5.21. The van der Waals surface area contributed by atoms with Gasteiger partial charge in [-0.2, -0.15) is 8.42 Å². The summed E-state index contributed by atoms with van der Waals surface area (Å²) < 4.78 is 25.9. The molecule has 4 heteroatoms. The van der Waals surface area contributed by atoms with Crippen molar-refractivity contribution in [3.8, 4) is 0 Å². The predicted octanol–water partition coefficient (Wildman–Crippen LogP) is 1.72. The van der Waals surface area contributed by atoms with E-state index in [0.29, 0.717) is 12.2 Å². The summed E-state index contributed by atoms with van der Waals surface area (Å²) in [7, 11) is -3.67. The molecule has 0 aromatic rings. The van der Waals surface area contributed by atoms with Crippen LogP contribution in [0.25, 0.3) is 0 Å². The molecule has 0 rings (SSSR count). The Hall–Kier alpha value is -0.350. The van der Waals surface area contributed by atoms with E-state index in [1.807, 2.05) is 6.08 Å². The van der Waals surface area contributed by atoms with Crippen LogP contribution in [0.3, 0.4) is 0 Å². The number of hydrogen-bond acceptors (Lipinski definition) is 2. The van der Waals surface area contributed by atoms with Gasteiger partial charge in [-0.05, 0) is 5.92 Å². The van der Waals surface area contributed by atoms with Crippen molar-refractivity contribution >= 4 is 10.1 Å². The molecule has 0 aliphatic carbocycles. The van der Waals surface area contributed by atoms with Gasteiger partial charge in [0.1, 0.15) is 0 Å². The lowest BCUT2D eigenvalue weighted by Crippen LogP contribution is -1.88. The van der Waals surface area contributed by atoms with Gasteiger partial charge in [0.2, 0.25) is 0 Å². The first-order chi connectivity index (χ1) is 4.81. The normalized spacial score (nSPS) is 12.7. The van der Waals surface area contributed by atoms with E-state index in [9.17, 15) is 8.42 Å². The standard InChI is InChI=1S/C6H12.CH4O3S/c1-4-6(3)5-2;1-5(2,3)4/h4,6H,1,5H2,2-3H3;1H3,(H,2,3,4). The highest BCUT2D eigenvalue weighted by molar-refractivity contribution is 7.85. The molecule has 0 aromatic carbocycles. The highest BCUT2D eigenvalue weighted by atomic mass is 32.2. The van der Waals surface area contributed by atoms with Crippen molar-refractivity contribution in [2.24, 2.45) is 5.92 Å². The van der Waals surface area contributed by atoms with E-state index in [4.69, 9.17) is 4.55 Å². The minimum atomic E-state index is -3.67. The lowest BCUT2D eigenvalue weighted by atomic mass is 10.1. The molecular weight excluding hydrogens is 164 g/mol. The molecule has 0 aliphatic rings. The third-order valence-electron chi connectivity index (χ3n) is 1.05. The van der Waals surface area contributed by atoms with E-state index in [2.05, 4.69) is 20.4 Å². The topological polar surface area (TPSA) is 54.4 Å². The summed E-state index contributed by atoms with van der Waals surface area (Å²) in [6.07, 6.45) is 3.90. The van der Waals surface area contributed by atoms with Crippen molar-refractivity contribution < 1.29 is 13.0 Å². The van der Waals surface area contributed by atoms with E-state index < -0.39 is 10.1 Å². The first-order valence-electron chi connectivity index (χ1n) is 3.36. The molecule has 0 fully saturated rings. The summed E-state index contributed by atoms with van der Waals surface area (Å²) in [5.41, 5.74) is 0. The van der Waals surface area contributed by atoms with Gasteiger partial charge in [-0.15, -0.1) is 6.58 Å². The van der Waals surface area contributed by atoms with Crippen LogP contribution >= 0.6 is 0 Å². The van der Waals surface area contributed by atoms with Crippen molar-refractivity contribution in [3.05, 3.63) is 12.7 Å². The molecular formula is C7H16O3S.